The number of piperidine rings is 1. The van der Waals surface area contributed by atoms with Crippen molar-refractivity contribution in [3.63, 3.8) is 0 Å². The summed E-state index contributed by atoms with van der Waals surface area (Å²) in [4.78, 5) is 6.75. The van der Waals surface area contributed by atoms with Crippen LogP contribution in [-0.2, 0) is 12.0 Å². The van der Waals surface area contributed by atoms with Gasteiger partial charge in [-0.2, -0.15) is 4.98 Å². The predicted molar refractivity (Wildman–Crippen MR) is 65.5 cm³/mol. The minimum absolute atomic E-state index is 0.415. The molecule has 0 saturated carbocycles. The third-order valence-corrected chi connectivity index (χ3v) is 3.70. The zero-order valence-electron chi connectivity index (χ0n) is 10.9. The normalized spacial score (nSPS) is 30.7. The smallest absolute Gasteiger partial charge is 0.226 e. The summed E-state index contributed by atoms with van der Waals surface area (Å²) >= 11 is 0. The van der Waals surface area contributed by atoms with E-state index in [9.17, 15) is 0 Å². The molecular formula is C12H22N4O. The lowest BCUT2D eigenvalue weighted by molar-refractivity contribution is 0.125. The van der Waals surface area contributed by atoms with E-state index in [1.807, 2.05) is 0 Å². The molecule has 0 bridgehead atoms. The highest BCUT2D eigenvalue weighted by Gasteiger charge is 2.38. The molecule has 2 atom stereocenters. The van der Waals surface area contributed by atoms with Crippen LogP contribution in [0.3, 0.4) is 0 Å². The Kier molecular flexibility index (Phi) is 3.49. The molecule has 0 radical (unpaired) electrons. The van der Waals surface area contributed by atoms with E-state index in [2.05, 4.69) is 35.9 Å². The van der Waals surface area contributed by atoms with Gasteiger partial charge in [-0.1, -0.05) is 12.1 Å². The van der Waals surface area contributed by atoms with Gasteiger partial charge in [0.05, 0.1) is 5.54 Å². The highest BCUT2D eigenvalue weighted by atomic mass is 16.5. The van der Waals surface area contributed by atoms with Gasteiger partial charge >= 0.3 is 0 Å². The molecule has 0 amide bonds. The molecule has 1 aromatic heterocycles. The Hall–Kier alpha value is -0.940. The number of rotatable bonds is 3. The summed E-state index contributed by atoms with van der Waals surface area (Å²) in [6.07, 6.45) is 3.62. The lowest BCUT2D eigenvalue weighted by Gasteiger charge is -2.40. The highest BCUT2D eigenvalue weighted by Crippen LogP contribution is 2.31. The molecule has 0 aromatic carbocycles. The van der Waals surface area contributed by atoms with Gasteiger partial charge in [-0.25, -0.2) is 0 Å². The van der Waals surface area contributed by atoms with Crippen molar-refractivity contribution in [2.24, 2.45) is 5.73 Å². The molecule has 1 aromatic rings. The van der Waals surface area contributed by atoms with Crippen molar-refractivity contribution in [1.82, 2.24) is 15.0 Å². The van der Waals surface area contributed by atoms with Crippen LogP contribution in [0.1, 0.15) is 44.8 Å². The molecule has 1 saturated heterocycles. The Morgan fingerprint density at radius 3 is 3.00 bits per heavy atom. The first-order valence-corrected chi connectivity index (χ1v) is 6.37. The third-order valence-electron chi connectivity index (χ3n) is 3.70. The molecule has 96 valence electrons. The molecule has 2 unspecified atom stereocenters. The minimum atomic E-state index is -0.415. The van der Waals surface area contributed by atoms with Crippen molar-refractivity contribution in [2.75, 3.05) is 13.6 Å². The van der Waals surface area contributed by atoms with Crippen molar-refractivity contribution < 1.29 is 4.52 Å². The molecule has 1 fully saturated rings. The van der Waals surface area contributed by atoms with Gasteiger partial charge in [-0.05, 0) is 33.2 Å². The fourth-order valence-corrected chi connectivity index (χ4v) is 2.36. The number of likely N-dealkylation sites (tertiary alicyclic amines) is 1. The summed E-state index contributed by atoms with van der Waals surface area (Å²) in [7, 11) is 2.13. The fraction of sp³-hybridized carbons (Fsp3) is 0.833. The second-order valence-electron chi connectivity index (χ2n) is 5.20. The molecule has 0 spiro atoms. The zero-order valence-corrected chi connectivity index (χ0v) is 10.9. The topological polar surface area (TPSA) is 68.2 Å². The van der Waals surface area contributed by atoms with Crippen LogP contribution < -0.4 is 5.73 Å². The first-order valence-electron chi connectivity index (χ1n) is 6.37. The van der Waals surface area contributed by atoms with Gasteiger partial charge in [-0.3, -0.25) is 0 Å². The molecule has 17 heavy (non-hydrogen) atoms. The maximum Gasteiger partial charge on any atom is 0.226 e. The van der Waals surface area contributed by atoms with Gasteiger partial charge in [0.2, 0.25) is 5.89 Å². The maximum absolute atomic E-state index is 6.43. The molecule has 2 N–H and O–H groups in total. The van der Waals surface area contributed by atoms with Crippen LogP contribution in [0, 0.1) is 0 Å². The average molecular weight is 238 g/mol. The van der Waals surface area contributed by atoms with Crippen molar-refractivity contribution in [3.8, 4) is 0 Å². The largest absolute Gasteiger partial charge is 0.339 e. The van der Waals surface area contributed by atoms with Crippen molar-refractivity contribution in [2.45, 2.75) is 51.1 Å². The van der Waals surface area contributed by atoms with Gasteiger partial charge in [0.15, 0.2) is 5.82 Å². The summed E-state index contributed by atoms with van der Waals surface area (Å²) < 4.78 is 5.23. The van der Waals surface area contributed by atoms with Crippen molar-refractivity contribution >= 4 is 0 Å². The number of aryl methyl sites for hydroxylation is 1. The molecule has 2 rings (SSSR count). The Morgan fingerprint density at radius 1 is 1.59 bits per heavy atom. The van der Waals surface area contributed by atoms with Crippen LogP contribution in [0.15, 0.2) is 4.52 Å². The van der Waals surface area contributed by atoms with Crippen LogP contribution in [0.25, 0.3) is 0 Å². The summed E-state index contributed by atoms with van der Waals surface area (Å²) in [6.45, 7) is 5.27. The number of nitrogens with zero attached hydrogens (tertiary/aromatic N) is 3. The van der Waals surface area contributed by atoms with E-state index in [0.29, 0.717) is 17.8 Å². The Labute approximate surface area is 102 Å². The number of nitrogens with two attached hydrogens (primary N) is 1. The molecule has 1 aliphatic rings. The lowest BCUT2D eigenvalue weighted by Crippen LogP contribution is -2.51. The van der Waals surface area contributed by atoms with E-state index in [0.717, 1.165) is 32.2 Å². The number of aromatic nitrogens is 2. The Morgan fingerprint density at radius 2 is 2.35 bits per heavy atom. The zero-order chi connectivity index (χ0) is 12.5. The summed E-state index contributed by atoms with van der Waals surface area (Å²) in [5.74, 6) is 1.39. The first-order chi connectivity index (χ1) is 8.05. The Bertz CT molecular complexity index is 378. The van der Waals surface area contributed by atoms with Gasteiger partial charge in [0.1, 0.15) is 0 Å². The lowest BCUT2D eigenvalue weighted by atomic mass is 9.84. The van der Waals surface area contributed by atoms with E-state index in [-0.39, 0.29) is 0 Å². The first kappa shape index (κ1) is 12.5. The second kappa shape index (κ2) is 4.74. The minimum Gasteiger partial charge on any atom is -0.339 e. The van der Waals surface area contributed by atoms with Crippen LogP contribution >= 0.6 is 0 Å². The van der Waals surface area contributed by atoms with E-state index in [4.69, 9.17) is 10.3 Å². The van der Waals surface area contributed by atoms with Gasteiger partial charge in [0, 0.05) is 19.0 Å². The molecule has 5 nitrogen and oxygen atoms in total. The summed E-state index contributed by atoms with van der Waals surface area (Å²) in [5, 5.41) is 4.06. The molecule has 2 heterocycles. The third kappa shape index (κ3) is 2.50. The summed E-state index contributed by atoms with van der Waals surface area (Å²) in [6, 6.07) is 0.460. The van der Waals surface area contributed by atoms with Crippen LogP contribution in [0.4, 0.5) is 0 Å². The fourth-order valence-electron chi connectivity index (χ4n) is 2.36. The predicted octanol–water partition coefficient (Wildman–Crippen LogP) is 1.29. The van der Waals surface area contributed by atoms with Crippen LogP contribution in [0.5, 0.6) is 0 Å². The molecule has 5 heteroatoms. The monoisotopic (exact) mass is 238 g/mol. The molecule has 1 aliphatic heterocycles. The Balaban J connectivity index is 2.14. The highest BCUT2D eigenvalue weighted by molar-refractivity contribution is 5.07. The quantitative estimate of drug-likeness (QED) is 0.859. The van der Waals surface area contributed by atoms with Crippen LogP contribution in [-0.4, -0.2) is 34.7 Å². The molecular weight excluding hydrogens is 216 g/mol. The number of hydrogen-bond donors (Lipinski definition) is 1. The van der Waals surface area contributed by atoms with Gasteiger partial charge in [-0.15, -0.1) is 0 Å². The van der Waals surface area contributed by atoms with E-state index >= 15 is 0 Å². The summed E-state index contributed by atoms with van der Waals surface area (Å²) in [5.41, 5.74) is 6.02. The second-order valence-corrected chi connectivity index (χ2v) is 5.20. The average Bonchev–Trinajstić information content (AvgIpc) is 2.74. The SMILES string of the molecule is CCCc1nc(C2(N)CCN(C)C(C)C2)no1. The van der Waals surface area contributed by atoms with Crippen LogP contribution in [0.2, 0.25) is 0 Å². The maximum atomic E-state index is 6.43. The van der Waals surface area contributed by atoms with E-state index in [1.165, 1.54) is 0 Å². The standard InChI is InChI=1S/C12H22N4O/c1-4-5-10-14-11(15-17-10)12(13)6-7-16(3)9(2)8-12/h9H,4-8,13H2,1-3H3. The van der Waals surface area contributed by atoms with Crippen molar-refractivity contribution in [3.05, 3.63) is 11.7 Å². The van der Waals surface area contributed by atoms with E-state index in [1.54, 1.807) is 0 Å². The molecule has 0 aliphatic carbocycles. The van der Waals surface area contributed by atoms with Crippen molar-refractivity contribution in [1.29, 1.82) is 0 Å². The van der Waals surface area contributed by atoms with E-state index < -0.39 is 5.54 Å². The van der Waals surface area contributed by atoms with Gasteiger partial charge in [0.25, 0.3) is 0 Å². The van der Waals surface area contributed by atoms with Gasteiger partial charge < -0.3 is 15.2 Å². The number of hydrogen-bond acceptors (Lipinski definition) is 5.